The lowest BCUT2D eigenvalue weighted by atomic mass is 9.61. The lowest BCUT2D eigenvalue weighted by molar-refractivity contribution is -0.151. The molecule has 0 radical (unpaired) electrons. The zero-order chi connectivity index (χ0) is 13.5. The van der Waals surface area contributed by atoms with Crippen molar-refractivity contribution in [1.82, 2.24) is 0 Å². The van der Waals surface area contributed by atoms with Crippen molar-refractivity contribution in [3.8, 4) is 0 Å². The molecule has 0 aromatic rings. The number of Topliss-reactive ketones (excluding diaryl/α,β-unsaturated/α-hetero) is 1. The molecule has 18 heavy (non-hydrogen) atoms. The van der Waals surface area contributed by atoms with Gasteiger partial charge in [-0.3, -0.25) is 9.59 Å². The van der Waals surface area contributed by atoms with Gasteiger partial charge in [0.15, 0.2) is 0 Å². The first-order valence-electron chi connectivity index (χ1n) is 6.67. The number of methoxy groups -OCH3 is 1. The van der Waals surface area contributed by atoms with Gasteiger partial charge >= 0.3 is 5.97 Å². The monoisotopic (exact) mass is 250 g/mol. The molecule has 0 aliphatic heterocycles. The summed E-state index contributed by atoms with van der Waals surface area (Å²) in [4.78, 5) is 24.0. The Labute approximate surface area is 109 Å². The molecule has 0 unspecified atom stereocenters. The number of ether oxygens (including phenoxy) is 1. The topological polar surface area (TPSA) is 43.4 Å². The molecule has 2 fully saturated rings. The molecule has 0 amide bonds. The minimum Gasteiger partial charge on any atom is -0.468 e. The Kier molecular flexibility index (Phi) is 3.35. The molecule has 3 nitrogen and oxygen atoms in total. The summed E-state index contributed by atoms with van der Waals surface area (Å²) in [6, 6.07) is 0. The van der Waals surface area contributed by atoms with Crippen molar-refractivity contribution in [3.05, 3.63) is 12.2 Å². The van der Waals surface area contributed by atoms with Gasteiger partial charge in [0.2, 0.25) is 0 Å². The normalized spacial score (nSPS) is 34.9. The summed E-state index contributed by atoms with van der Waals surface area (Å²) in [5.41, 5.74) is 1.28. The van der Waals surface area contributed by atoms with Crippen LogP contribution in [0, 0.1) is 23.2 Å². The zero-order valence-electron chi connectivity index (χ0n) is 11.5. The molecular formula is C15H22O3. The molecule has 2 aliphatic rings. The molecule has 0 spiro atoms. The van der Waals surface area contributed by atoms with Gasteiger partial charge in [-0.25, -0.2) is 0 Å². The Hall–Kier alpha value is -1.12. The van der Waals surface area contributed by atoms with Gasteiger partial charge in [-0.2, -0.15) is 0 Å². The standard InChI is InChI=1S/C15H22O3/c1-9-10-7-8-15(2,3)11(9)5-6-12(16)13(10)14(17)18-4/h10-11,13H,1,5-8H2,2-4H3/t10-,11-,13+/m0/s1. The fourth-order valence-electron chi connectivity index (χ4n) is 3.69. The van der Waals surface area contributed by atoms with E-state index in [1.807, 2.05) is 0 Å². The molecule has 3 atom stereocenters. The lowest BCUT2D eigenvalue weighted by Crippen LogP contribution is -2.38. The van der Waals surface area contributed by atoms with Crippen LogP contribution < -0.4 is 0 Å². The highest BCUT2D eigenvalue weighted by Gasteiger charge is 2.48. The van der Waals surface area contributed by atoms with Crippen LogP contribution in [0.5, 0.6) is 0 Å². The second-order valence-corrected chi connectivity index (χ2v) is 6.27. The fraction of sp³-hybridized carbons (Fsp3) is 0.733. The highest BCUT2D eigenvalue weighted by Crippen LogP contribution is 2.52. The van der Waals surface area contributed by atoms with Crippen LogP contribution >= 0.6 is 0 Å². The number of carbonyl (C=O) groups excluding carboxylic acids is 2. The Morgan fingerprint density at radius 2 is 2.06 bits per heavy atom. The summed E-state index contributed by atoms with van der Waals surface area (Å²) in [6.45, 7) is 8.67. The number of carbonyl (C=O) groups is 2. The predicted molar refractivity (Wildman–Crippen MR) is 68.9 cm³/mol. The van der Waals surface area contributed by atoms with Crippen molar-refractivity contribution >= 4 is 11.8 Å². The smallest absolute Gasteiger partial charge is 0.316 e. The Bertz CT molecular complexity index is 395. The van der Waals surface area contributed by atoms with Crippen LogP contribution in [0.1, 0.15) is 39.5 Å². The number of hydrogen-bond donors (Lipinski definition) is 0. The van der Waals surface area contributed by atoms with Gasteiger partial charge in [0.05, 0.1) is 7.11 Å². The average Bonchev–Trinajstić information content (AvgIpc) is 2.39. The van der Waals surface area contributed by atoms with E-state index in [1.165, 1.54) is 7.11 Å². The van der Waals surface area contributed by atoms with E-state index in [2.05, 4.69) is 20.4 Å². The SMILES string of the molecule is C=C1[C@@H]2CCC(C)(C)[C@H]1CCC(=O)[C@@H]2C(=O)OC. The number of fused-ring (bicyclic) bond motifs is 2. The third-order valence-electron chi connectivity index (χ3n) is 4.85. The molecule has 0 aromatic heterocycles. The van der Waals surface area contributed by atoms with Crippen molar-refractivity contribution < 1.29 is 14.3 Å². The summed E-state index contributed by atoms with van der Waals surface area (Å²) < 4.78 is 4.81. The van der Waals surface area contributed by atoms with Gasteiger partial charge < -0.3 is 4.74 Å². The number of allylic oxidation sites excluding steroid dienone is 1. The fourth-order valence-corrected chi connectivity index (χ4v) is 3.69. The van der Waals surface area contributed by atoms with Crippen molar-refractivity contribution in [1.29, 1.82) is 0 Å². The molecule has 2 saturated carbocycles. The van der Waals surface area contributed by atoms with Gasteiger partial charge in [-0.1, -0.05) is 26.0 Å². The van der Waals surface area contributed by atoms with Gasteiger partial charge in [-0.05, 0) is 30.6 Å². The Morgan fingerprint density at radius 3 is 2.67 bits per heavy atom. The molecule has 0 aromatic carbocycles. The predicted octanol–water partition coefficient (Wildman–Crippen LogP) is 2.75. The summed E-state index contributed by atoms with van der Waals surface area (Å²) in [6.07, 6.45) is 3.22. The van der Waals surface area contributed by atoms with Crippen molar-refractivity contribution in [2.24, 2.45) is 23.2 Å². The van der Waals surface area contributed by atoms with Gasteiger partial charge in [0.1, 0.15) is 11.7 Å². The molecule has 2 bridgehead atoms. The van der Waals surface area contributed by atoms with Crippen LogP contribution in [0.25, 0.3) is 0 Å². The third kappa shape index (κ3) is 2.00. The summed E-state index contributed by atoms with van der Waals surface area (Å²) in [5.74, 6) is -0.608. The quantitative estimate of drug-likeness (QED) is 0.408. The van der Waals surface area contributed by atoms with Crippen LogP contribution in [-0.2, 0) is 14.3 Å². The van der Waals surface area contributed by atoms with Crippen molar-refractivity contribution in [3.63, 3.8) is 0 Å². The Balaban J connectivity index is 2.36. The van der Waals surface area contributed by atoms with Crippen molar-refractivity contribution in [2.45, 2.75) is 39.5 Å². The average molecular weight is 250 g/mol. The highest BCUT2D eigenvalue weighted by molar-refractivity contribution is 6.00. The van der Waals surface area contributed by atoms with Gasteiger partial charge in [0.25, 0.3) is 0 Å². The molecule has 3 heteroatoms. The number of esters is 1. The van der Waals surface area contributed by atoms with E-state index in [4.69, 9.17) is 4.74 Å². The van der Waals surface area contributed by atoms with E-state index in [-0.39, 0.29) is 23.1 Å². The van der Waals surface area contributed by atoms with E-state index in [9.17, 15) is 9.59 Å². The first kappa shape index (κ1) is 13.3. The third-order valence-corrected chi connectivity index (χ3v) is 4.85. The second kappa shape index (κ2) is 4.52. The van der Waals surface area contributed by atoms with Gasteiger partial charge in [-0.15, -0.1) is 0 Å². The van der Waals surface area contributed by atoms with E-state index in [0.29, 0.717) is 12.3 Å². The van der Waals surface area contributed by atoms with Crippen LogP contribution in [0.3, 0.4) is 0 Å². The summed E-state index contributed by atoms with van der Waals surface area (Å²) in [7, 11) is 1.35. The van der Waals surface area contributed by atoms with Gasteiger partial charge in [0, 0.05) is 12.3 Å². The Morgan fingerprint density at radius 1 is 1.39 bits per heavy atom. The molecule has 0 saturated heterocycles. The number of rotatable bonds is 1. The molecule has 0 N–H and O–H groups in total. The maximum Gasteiger partial charge on any atom is 0.316 e. The number of hydrogen-bond acceptors (Lipinski definition) is 3. The largest absolute Gasteiger partial charge is 0.468 e. The second-order valence-electron chi connectivity index (χ2n) is 6.27. The van der Waals surface area contributed by atoms with Crippen LogP contribution in [-0.4, -0.2) is 18.9 Å². The zero-order valence-corrected chi connectivity index (χ0v) is 11.5. The highest BCUT2D eigenvalue weighted by atomic mass is 16.5. The molecule has 100 valence electrons. The van der Waals surface area contributed by atoms with E-state index in [0.717, 1.165) is 24.8 Å². The number of ketones is 1. The van der Waals surface area contributed by atoms with E-state index >= 15 is 0 Å². The summed E-state index contributed by atoms with van der Waals surface area (Å²) >= 11 is 0. The van der Waals surface area contributed by atoms with E-state index < -0.39 is 5.92 Å². The van der Waals surface area contributed by atoms with Crippen molar-refractivity contribution in [2.75, 3.05) is 7.11 Å². The minimum absolute atomic E-state index is 0.00882. The molecular weight excluding hydrogens is 228 g/mol. The minimum atomic E-state index is -0.608. The summed E-state index contributed by atoms with van der Waals surface area (Å²) in [5, 5.41) is 0. The van der Waals surface area contributed by atoms with Crippen LogP contribution in [0.15, 0.2) is 12.2 Å². The lowest BCUT2D eigenvalue weighted by Gasteiger charge is -2.43. The van der Waals surface area contributed by atoms with Crippen LogP contribution in [0.4, 0.5) is 0 Å². The molecule has 0 heterocycles. The van der Waals surface area contributed by atoms with E-state index in [1.54, 1.807) is 0 Å². The maximum atomic E-state index is 12.2. The maximum absolute atomic E-state index is 12.2. The molecule has 2 aliphatic carbocycles. The first-order valence-corrected chi connectivity index (χ1v) is 6.67. The molecule has 2 rings (SSSR count). The van der Waals surface area contributed by atoms with Crippen LogP contribution in [0.2, 0.25) is 0 Å². The first-order chi connectivity index (χ1) is 8.38.